The van der Waals surface area contributed by atoms with Crippen LogP contribution in [0.25, 0.3) is 10.9 Å². The van der Waals surface area contributed by atoms with E-state index in [0.29, 0.717) is 25.1 Å². The van der Waals surface area contributed by atoms with Crippen molar-refractivity contribution in [2.75, 3.05) is 13.7 Å². The highest BCUT2D eigenvalue weighted by atomic mass is 19.4. The summed E-state index contributed by atoms with van der Waals surface area (Å²) >= 11 is 0. The number of alkyl halides is 3. The van der Waals surface area contributed by atoms with E-state index in [2.05, 4.69) is 0 Å². The fraction of sp³-hybridized carbons (Fsp3) is 0.400. The maximum Gasteiger partial charge on any atom is 0.418 e. The number of nitrogens with zero attached hydrogens (tertiary/aromatic N) is 2. The Hall–Kier alpha value is -2.00. The van der Waals surface area contributed by atoms with Gasteiger partial charge in [0.05, 0.1) is 17.2 Å². The molecule has 0 aliphatic heterocycles. The maximum atomic E-state index is 13.2. The number of ether oxygens (including phenoxy) is 1. The molecule has 2 rings (SSSR count). The quantitative estimate of drug-likeness (QED) is 0.803. The zero-order valence-electron chi connectivity index (χ0n) is 11.8. The van der Waals surface area contributed by atoms with Gasteiger partial charge >= 0.3 is 6.18 Å². The predicted octanol–water partition coefficient (Wildman–Crippen LogP) is 3.88. The molecule has 0 unspecified atom stereocenters. The van der Waals surface area contributed by atoms with Crippen molar-refractivity contribution in [2.45, 2.75) is 26.1 Å². The van der Waals surface area contributed by atoms with E-state index >= 15 is 0 Å². The number of fused-ring (bicyclic) bond motifs is 1. The minimum Gasteiger partial charge on any atom is -0.385 e. The van der Waals surface area contributed by atoms with E-state index in [0.717, 1.165) is 5.69 Å². The molecule has 0 amide bonds. The summed E-state index contributed by atoms with van der Waals surface area (Å²) in [7, 11) is 1.58. The highest BCUT2D eigenvalue weighted by Gasteiger charge is 2.36. The van der Waals surface area contributed by atoms with Crippen molar-refractivity contribution in [3.05, 3.63) is 35.0 Å². The van der Waals surface area contributed by atoms with Gasteiger partial charge in [0, 0.05) is 36.9 Å². The molecule has 0 spiro atoms. The molecule has 0 saturated heterocycles. The van der Waals surface area contributed by atoms with Gasteiger partial charge in [-0.1, -0.05) is 0 Å². The van der Waals surface area contributed by atoms with Crippen LogP contribution in [0.4, 0.5) is 13.2 Å². The van der Waals surface area contributed by atoms with Gasteiger partial charge in [0.1, 0.15) is 0 Å². The van der Waals surface area contributed by atoms with Crippen LogP contribution >= 0.6 is 0 Å². The first-order chi connectivity index (χ1) is 9.90. The third-order valence-electron chi connectivity index (χ3n) is 3.43. The van der Waals surface area contributed by atoms with Gasteiger partial charge in [-0.3, -0.25) is 0 Å². The van der Waals surface area contributed by atoms with Gasteiger partial charge < -0.3 is 9.30 Å². The van der Waals surface area contributed by atoms with Crippen molar-refractivity contribution in [3.63, 3.8) is 0 Å². The molecule has 0 saturated carbocycles. The highest BCUT2D eigenvalue weighted by Crippen LogP contribution is 2.38. The summed E-state index contributed by atoms with van der Waals surface area (Å²) in [5.41, 5.74) is 0.0387. The van der Waals surface area contributed by atoms with E-state index in [9.17, 15) is 13.2 Å². The van der Waals surface area contributed by atoms with E-state index in [-0.39, 0.29) is 10.9 Å². The van der Waals surface area contributed by atoms with Gasteiger partial charge in [-0.15, -0.1) is 0 Å². The molecule has 0 bridgehead atoms. The first-order valence-corrected chi connectivity index (χ1v) is 6.49. The number of rotatable bonds is 4. The molecule has 2 aromatic rings. The van der Waals surface area contributed by atoms with Crippen molar-refractivity contribution in [2.24, 2.45) is 0 Å². The second-order valence-electron chi connectivity index (χ2n) is 4.81. The zero-order chi connectivity index (χ0) is 15.6. The summed E-state index contributed by atoms with van der Waals surface area (Å²) in [5, 5.41) is 9.00. The van der Waals surface area contributed by atoms with Crippen molar-refractivity contribution < 1.29 is 17.9 Å². The Morgan fingerprint density at radius 1 is 1.33 bits per heavy atom. The number of hydrogen-bond acceptors (Lipinski definition) is 2. The number of aromatic nitrogens is 1. The Morgan fingerprint density at radius 3 is 2.62 bits per heavy atom. The lowest BCUT2D eigenvalue weighted by molar-refractivity contribution is -0.136. The average Bonchev–Trinajstić information content (AvgIpc) is 2.72. The number of benzene rings is 1. The van der Waals surface area contributed by atoms with Gasteiger partial charge in [-0.2, -0.15) is 18.4 Å². The van der Waals surface area contributed by atoms with E-state index in [1.807, 2.05) is 4.57 Å². The Bertz CT molecular complexity index is 695. The molecule has 21 heavy (non-hydrogen) atoms. The predicted molar refractivity (Wildman–Crippen MR) is 72.9 cm³/mol. The average molecular weight is 296 g/mol. The number of methoxy groups -OCH3 is 1. The maximum absolute atomic E-state index is 13.2. The van der Waals surface area contributed by atoms with Crippen molar-refractivity contribution in [1.82, 2.24) is 4.57 Å². The second kappa shape index (κ2) is 5.78. The Labute approximate surface area is 120 Å². The number of hydrogen-bond donors (Lipinski definition) is 0. The van der Waals surface area contributed by atoms with Crippen LogP contribution in [-0.2, 0) is 17.5 Å². The highest BCUT2D eigenvalue weighted by molar-refractivity contribution is 5.87. The van der Waals surface area contributed by atoms with Crippen LogP contribution in [-0.4, -0.2) is 18.3 Å². The van der Waals surface area contributed by atoms with E-state index in [4.69, 9.17) is 10.00 Å². The Morgan fingerprint density at radius 2 is 2.05 bits per heavy atom. The SMILES string of the molecule is COCCCn1c(C)cc2c(C(F)(F)F)c(C#N)ccc21. The molecule has 1 heterocycles. The lowest BCUT2D eigenvalue weighted by Crippen LogP contribution is -2.09. The molecule has 112 valence electrons. The summed E-state index contributed by atoms with van der Waals surface area (Å²) in [6.45, 7) is 2.88. The van der Waals surface area contributed by atoms with E-state index in [1.165, 1.54) is 12.1 Å². The summed E-state index contributed by atoms with van der Waals surface area (Å²) < 4.78 is 46.5. The lowest BCUT2D eigenvalue weighted by atomic mass is 10.0. The van der Waals surface area contributed by atoms with Crippen LogP contribution < -0.4 is 0 Å². The summed E-state index contributed by atoms with van der Waals surface area (Å²) in [6, 6.07) is 5.92. The molecule has 0 aliphatic rings. The number of nitriles is 1. The monoisotopic (exact) mass is 296 g/mol. The molecule has 0 atom stereocenters. The number of halogens is 3. The van der Waals surface area contributed by atoms with Gasteiger partial charge in [0.2, 0.25) is 0 Å². The molecule has 0 radical (unpaired) electrons. The molecule has 0 fully saturated rings. The van der Waals surface area contributed by atoms with Crippen molar-refractivity contribution in [1.29, 1.82) is 5.26 Å². The fourth-order valence-corrected chi connectivity index (χ4v) is 2.53. The van der Waals surface area contributed by atoms with Crippen LogP contribution in [0.15, 0.2) is 18.2 Å². The van der Waals surface area contributed by atoms with Crippen LogP contribution in [0.3, 0.4) is 0 Å². The third kappa shape index (κ3) is 2.88. The molecule has 1 aromatic heterocycles. The third-order valence-corrected chi connectivity index (χ3v) is 3.43. The van der Waals surface area contributed by atoms with Crippen LogP contribution in [0.1, 0.15) is 23.2 Å². The van der Waals surface area contributed by atoms with Crippen molar-refractivity contribution >= 4 is 10.9 Å². The first kappa shape index (κ1) is 15.4. The second-order valence-corrected chi connectivity index (χ2v) is 4.81. The van der Waals surface area contributed by atoms with Gasteiger partial charge in [0.25, 0.3) is 0 Å². The molecular weight excluding hydrogens is 281 g/mol. The normalized spacial score (nSPS) is 11.8. The molecular formula is C15H15F3N2O. The molecule has 0 N–H and O–H groups in total. The molecule has 6 heteroatoms. The zero-order valence-corrected chi connectivity index (χ0v) is 11.8. The van der Waals surface area contributed by atoms with Crippen LogP contribution in [0, 0.1) is 18.3 Å². The summed E-state index contributed by atoms with van der Waals surface area (Å²) in [6.07, 6.45) is -3.84. The molecule has 1 aromatic carbocycles. The van der Waals surface area contributed by atoms with Crippen molar-refractivity contribution in [3.8, 4) is 6.07 Å². The van der Waals surface area contributed by atoms with Crippen LogP contribution in [0.5, 0.6) is 0 Å². The molecule has 0 aliphatic carbocycles. The van der Waals surface area contributed by atoms with E-state index < -0.39 is 11.7 Å². The van der Waals surface area contributed by atoms with E-state index in [1.54, 1.807) is 26.2 Å². The largest absolute Gasteiger partial charge is 0.418 e. The van der Waals surface area contributed by atoms with Gasteiger partial charge in [-0.05, 0) is 31.5 Å². The Kier molecular flexibility index (Phi) is 4.24. The molecule has 3 nitrogen and oxygen atoms in total. The topological polar surface area (TPSA) is 38.0 Å². The minimum absolute atomic E-state index is 0.0801. The van der Waals surface area contributed by atoms with Crippen LogP contribution in [0.2, 0.25) is 0 Å². The van der Waals surface area contributed by atoms with Gasteiger partial charge in [-0.25, -0.2) is 0 Å². The number of aryl methyl sites for hydroxylation is 2. The standard InChI is InChI=1S/C15H15F3N2O/c1-10-8-12-13(20(10)6-3-7-21-2)5-4-11(9-19)14(12)15(16,17)18/h4-5,8H,3,6-7H2,1-2H3. The lowest BCUT2D eigenvalue weighted by Gasteiger charge is -2.12. The minimum atomic E-state index is -4.55. The fourth-order valence-electron chi connectivity index (χ4n) is 2.53. The summed E-state index contributed by atoms with van der Waals surface area (Å²) in [5.74, 6) is 0. The summed E-state index contributed by atoms with van der Waals surface area (Å²) in [4.78, 5) is 0. The smallest absolute Gasteiger partial charge is 0.385 e. The van der Waals surface area contributed by atoms with Gasteiger partial charge in [0.15, 0.2) is 0 Å². The first-order valence-electron chi connectivity index (χ1n) is 6.49. The Balaban J connectivity index is 2.62.